The van der Waals surface area contributed by atoms with Crippen LogP contribution in [0, 0.1) is 5.82 Å². The predicted molar refractivity (Wildman–Crippen MR) is 106 cm³/mol. The number of anilines is 1. The Morgan fingerprint density at radius 3 is 2.79 bits per heavy atom. The largest absolute Gasteiger partial charge is 0.376 e. The monoisotopic (exact) mass is 373 g/mol. The second-order valence-corrected chi connectivity index (χ2v) is 6.74. The lowest BCUT2D eigenvalue weighted by molar-refractivity contribution is 0.636. The Morgan fingerprint density at radius 1 is 1.07 bits per heavy atom. The second kappa shape index (κ2) is 6.12. The van der Waals surface area contributed by atoms with Gasteiger partial charge in [-0.15, -0.1) is 0 Å². The molecule has 0 spiro atoms. The number of nitrogens with zero attached hydrogens (tertiary/aromatic N) is 5. The van der Waals surface area contributed by atoms with Crippen molar-refractivity contribution in [3.05, 3.63) is 54.7 Å². The van der Waals surface area contributed by atoms with E-state index < -0.39 is 5.82 Å². The number of halogens is 1. The zero-order chi connectivity index (χ0) is 19.3. The summed E-state index contributed by atoms with van der Waals surface area (Å²) in [5, 5.41) is 7.69. The molecule has 4 heterocycles. The third kappa shape index (κ3) is 2.58. The van der Waals surface area contributed by atoms with Gasteiger partial charge in [-0.25, -0.2) is 14.4 Å². The van der Waals surface area contributed by atoms with E-state index in [-0.39, 0.29) is 5.52 Å². The SMILES string of the molecule is CN(C)c1cncc(-c2cc(F)c3n[nH]c(-c4nc5ncccc5[nH]4)c3c2)c1. The fourth-order valence-electron chi connectivity index (χ4n) is 3.22. The molecular weight excluding hydrogens is 357 g/mol. The number of hydrogen-bond donors (Lipinski definition) is 2. The first-order chi connectivity index (χ1) is 13.6. The smallest absolute Gasteiger partial charge is 0.178 e. The Labute approximate surface area is 159 Å². The highest BCUT2D eigenvalue weighted by atomic mass is 19.1. The van der Waals surface area contributed by atoms with Crippen LogP contribution in [0.25, 0.3) is 44.7 Å². The molecule has 0 bridgehead atoms. The minimum absolute atomic E-state index is 0.267. The Bertz CT molecular complexity index is 1290. The van der Waals surface area contributed by atoms with Crippen LogP contribution in [0.3, 0.4) is 0 Å². The fraction of sp³-hybridized carbons (Fsp3) is 0.100. The highest BCUT2D eigenvalue weighted by Gasteiger charge is 2.17. The number of pyridine rings is 2. The molecule has 0 fully saturated rings. The Morgan fingerprint density at radius 2 is 1.96 bits per heavy atom. The van der Waals surface area contributed by atoms with Crippen LogP contribution in [0.5, 0.6) is 0 Å². The average Bonchev–Trinajstić information content (AvgIpc) is 3.32. The van der Waals surface area contributed by atoms with Crippen LogP contribution in [-0.4, -0.2) is 44.2 Å². The predicted octanol–water partition coefficient (Wildman–Crippen LogP) is 3.77. The van der Waals surface area contributed by atoms with E-state index in [4.69, 9.17) is 0 Å². The van der Waals surface area contributed by atoms with Crippen molar-refractivity contribution < 1.29 is 4.39 Å². The fourth-order valence-corrected chi connectivity index (χ4v) is 3.22. The van der Waals surface area contributed by atoms with Gasteiger partial charge in [0.05, 0.1) is 17.4 Å². The van der Waals surface area contributed by atoms with Crippen LogP contribution in [0.2, 0.25) is 0 Å². The molecule has 0 amide bonds. The molecule has 1 aromatic carbocycles. The molecule has 0 aliphatic carbocycles. The molecular formula is C20H16FN7. The van der Waals surface area contributed by atoms with Crippen molar-refractivity contribution in [1.29, 1.82) is 0 Å². The Balaban J connectivity index is 1.70. The van der Waals surface area contributed by atoms with Crippen molar-refractivity contribution in [3.8, 4) is 22.6 Å². The maximum absolute atomic E-state index is 14.8. The van der Waals surface area contributed by atoms with Gasteiger partial charge in [-0.05, 0) is 35.9 Å². The van der Waals surface area contributed by atoms with E-state index in [2.05, 4.69) is 30.1 Å². The van der Waals surface area contributed by atoms with Crippen molar-refractivity contribution in [2.45, 2.75) is 0 Å². The molecule has 0 saturated carbocycles. The van der Waals surface area contributed by atoms with Crippen LogP contribution >= 0.6 is 0 Å². The van der Waals surface area contributed by atoms with E-state index in [1.54, 1.807) is 18.6 Å². The lowest BCUT2D eigenvalue weighted by atomic mass is 10.0. The third-order valence-corrected chi connectivity index (χ3v) is 4.68. The van der Waals surface area contributed by atoms with Gasteiger partial charge in [0.2, 0.25) is 0 Å². The summed E-state index contributed by atoms with van der Waals surface area (Å²) in [5.41, 5.74) is 4.77. The van der Waals surface area contributed by atoms with Gasteiger partial charge in [0.15, 0.2) is 17.3 Å². The third-order valence-electron chi connectivity index (χ3n) is 4.68. The number of nitrogens with one attached hydrogen (secondary N) is 2. The van der Waals surface area contributed by atoms with Gasteiger partial charge in [-0.1, -0.05) is 0 Å². The standard InChI is InChI=1S/C20H16FN7/c1-28(2)13-6-12(9-22-10-13)11-7-14-17(15(21)8-11)26-27-18(14)20-24-16-4-3-5-23-19(16)25-20/h3-10H,1-2H3,(H,26,27)(H,23,24,25). The van der Waals surface area contributed by atoms with Gasteiger partial charge in [0, 0.05) is 37.4 Å². The normalized spacial score (nSPS) is 11.4. The maximum Gasteiger partial charge on any atom is 0.178 e. The summed E-state index contributed by atoms with van der Waals surface area (Å²) in [6.45, 7) is 0. The summed E-state index contributed by atoms with van der Waals surface area (Å²) in [5.74, 6) is 0.160. The summed E-state index contributed by atoms with van der Waals surface area (Å²) in [6, 6.07) is 9.07. The molecule has 5 rings (SSSR count). The number of imidazole rings is 1. The Hall–Kier alpha value is -3.81. The number of fused-ring (bicyclic) bond motifs is 2. The topological polar surface area (TPSA) is 86.4 Å². The van der Waals surface area contributed by atoms with Gasteiger partial charge >= 0.3 is 0 Å². The van der Waals surface area contributed by atoms with Crippen LogP contribution in [-0.2, 0) is 0 Å². The molecule has 2 N–H and O–H groups in total. The summed E-state index contributed by atoms with van der Waals surface area (Å²) < 4.78 is 14.8. The van der Waals surface area contributed by atoms with Crippen LogP contribution in [0.15, 0.2) is 48.9 Å². The summed E-state index contributed by atoms with van der Waals surface area (Å²) in [7, 11) is 3.88. The molecule has 0 aliphatic rings. The number of aromatic amines is 2. The molecule has 5 aromatic rings. The highest BCUT2D eigenvalue weighted by molar-refractivity contribution is 5.95. The van der Waals surface area contributed by atoms with Crippen molar-refractivity contribution in [1.82, 2.24) is 30.1 Å². The van der Waals surface area contributed by atoms with E-state index in [0.717, 1.165) is 22.3 Å². The first-order valence-corrected chi connectivity index (χ1v) is 8.71. The summed E-state index contributed by atoms with van der Waals surface area (Å²) in [6.07, 6.45) is 5.17. The molecule has 7 nitrogen and oxygen atoms in total. The van der Waals surface area contributed by atoms with E-state index in [1.807, 2.05) is 43.3 Å². The molecule has 0 aliphatic heterocycles. The van der Waals surface area contributed by atoms with Crippen molar-refractivity contribution in [3.63, 3.8) is 0 Å². The summed E-state index contributed by atoms with van der Waals surface area (Å²) in [4.78, 5) is 18.2. The van der Waals surface area contributed by atoms with Gasteiger partial charge in [-0.3, -0.25) is 10.1 Å². The van der Waals surface area contributed by atoms with Crippen LogP contribution in [0.1, 0.15) is 0 Å². The van der Waals surface area contributed by atoms with E-state index >= 15 is 0 Å². The summed E-state index contributed by atoms with van der Waals surface area (Å²) >= 11 is 0. The van der Waals surface area contributed by atoms with Gasteiger partial charge in [0.1, 0.15) is 11.2 Å². The van der Waals surface area contributed by atoms with Crippen LogP contribution in [0.4, 0.5) is 10.1 Å². The quantitative estimate of drug-likeness (QED) is 0.503. The first kappa shape index (κ1) is 16.4. The number of rotatable bonds is 3. The minimum Gasteiger partial charge on any atom is -0.376 e. The van der Waals surface area contributed by atoms with Crippen molar-refractivity contribution in [2.75, 3.05) is 19.0 Å². The molecule has 138 valence electrons. The highest BCUT2D eigenvalue weighted by Crippen LogP contribution is 2.32. The molecule has 0 unspecified atom stereocenters. The van der Waals surface area contributed by atoms with Gasteiger partial charge in [0.25, 0.3) is 0 Å². The number of benzene rings is 1. The van der Waals surface area contributed by atoms with Crippen LogP contribution < -0.4 is 4.90 Å². The molecule has 0 saturated heterocycles. The number of hydrogen-bond acceptors (Lipinski definition) is 5. The maximum atomic E-state index is 14.8. The molecule has 0 atom stereocenters. The van der Waals surface area contributed by atoms with E-state index in [1.165, 1.54) is 6.07 Å². The van der Waals surface area contributed by atoms with Gasteiger partial charge < -0.3 is 9.88 Å². The lowest BCUT2D eigenvalue weighted by Gasteiger charge is -2.13. The molecule has 0 radical (unpaired) electrons. The Kier molecular flexibility index (Phi) is 3.58. The first-order valence-electron chi connectivity index (χ1n) is 8.71. The number of H-pyrrole nitrogens is 2. The average molecular weight is 373 g/mol. The lowest BCUT2D eigenvalue weighted by Crippen LogP contribution is -2.08. The zero-order valence-electron chi connectivity index (χ0n) is 15.2. The molecule has 8 heteroatoms. The molecule has 4 aromatic heterocycles. The van der Waals surface area contributed by atoms with E-state index in [9.17, 15) is 4.39 Å². The number of aromatic nitrogens is 6. The molecule has 28 heavy (non-hydrogen) atoms. The zero-order valence-corrected chi connectivity index (χ0v) is 15.2. The van der Waals surface area contributed by atoms with Gasteiger partial charge in [-0.2, -0.15) is 5.10 Å². The van der Waals surface area contributed by atoms with Crippen molar-refractivity contribution >= 4 is 27.8 Å². The second-order valence-electron chi connectivity index (χ2n) is 6.74. The van der Waals surface area contributed by atoms with Crippen molar-refractivity contribution in [2.24, 2.45) is 0 Å². The minimum atomic E-state index is -0.403. The van der Waals surface area contributed by atoms with E-state index in [0.29, 0.717) is 22.6 Å².